The molecule has 1 fully saturated rings. The Morgan fingerprint density at radius 2 is 2.05 bits per heavy atom. The van der Waals surface area contributed by atoms with E-state index in [0.29, 0.717) is 24.3 Å². The minimum Gasteiger partial charge on any atom is -0.340 e. The molecule has 0 bridgehead atoms. The summed E-state index contributed by atoms with van der Waals surface area (Å²) in [5.74, 6) is 1.25. The lowest BCUT2D eigenvalue weighted by molar-refractivity contribution is -0.384. The number of non-ortho nitro benzene ring substituents is 1. The summed E-state index contributed by atoms with van der Waals surface area (Å²) in [5, 5.41) is 14.6. The molecule has 0 unspecified atom stereocenters. The second kappa shape index (κ2) is 5.61. The van der Waals surface area contributed by atoms with Gasteiger partial charge in [-0.15, -0.1) is 0 Å². The van der Waals surface area contributed by atoms with Gasteiger partial charge in [0.05, 0.1) is 11.5 Å². The number of benzene rings is 1. The molecule has 0 atom stereocenters. The maximum Gasteiger partial charge on any atom is 0.269 e. The summed E-state index contributed by atoms with van der Waals surface area (Å²) >= 11 is 0. The van der Waals surface area contributed by atoms with E-state index in [2.05, 4.69) is 15.0 Å². The molecule has 0 aliphatic heterocycles. The molecule has 0 radical (unpaired) electrons. The quantitative estimate of drug-likeness (QED) is 0.599. The van der Waals surface area contributed by atoms with Gasteiger partial charge in [-0.2, -0.15) is 4.98 Å². The van der Waals surface area contributed by atoms with E-state index >= 15 is 0 Å². The van der Waals surface area contributed by atoms with Crippen molar-refractivity contribution in [3.05, 3.63) is 51.7 Å². The van der Waals surface area contributed by atoms with Crippen LogP contribution in [0.15, 0.2) is 28.8 Å². The van der Waals surface area contributed by atoms with Gasteiger partial charge in [0.1, 0.15) is 0 Å². The molecule has 0 spiro atoms. The topological polar surface area (TPSA) is 85.3 Å². The highest BCUT2D eigenvalue weighted by Crippen LogP contribution is 2.29. The van der Waals surface area contributed by atoms with Crippen LogP contribution in [0.4, 0.5) is 5.69 Å². The molecule has 1 aliphatic carbocycles. The number of nitro benzene ring substituents is 1. The largest absolute Gasteiger partial charge is 0.340 e. The van der Waals surface area contributed by atoms with Crippen molar-refractivity contribution in [1.29, 1.82) is 0 Å². The first-order valence-corrected chi connectivity index (χ1v) is 6.88. The van der Waals surface area contributed by atoms with Crippen molar-refractivity contribution < 1.29 is 9.45 Å². The summed E-state index contributed by atoms with van der Waals surface area (Å²) in [5.41, 5.74) is 1.17. The van der Waals surface area contributed by atoms with E-state index in [1.54, 1.807) is 31.2 Å². The van der Waals surface area contributed by atoms with Crippen molar-refractivity contribution in [2.75, 3.05) is 0 Å². The van der Waals surface area contributed by atoms with E-state index in [4.69, 9.17) is 4.52 Å². The maximum atomic E-state index is 10.7. The van der Waals surface area contributed by atoms with E-state index in [1.807, 2.05) is 0 Å². The fourth-order valence-corrected chi connectivity index (χ4v) is 2.30. The highest BCUT2D eigenvalue weighted by Gasteiger charge is 2.30. The van der Waals surface area contributed by atoms with Gasteiger partial charge >= 0.3 is 0 Å². The first kappa shape index (κ1) is 13.7. The molecule has 1 aromatic heterocycles. The molecule has 1 saturated carbocycles. The number of aromatic nitrogens is 2. The van der Waals surface area contributed by atoms with Crippen LogP contribution in [0.3, 0.4) is 0 Å². The average Bonchev–Trinajstić information content (AvgIpc) is 3.23. The van der Waals surface area contributed by atoms with E-state index in [0.717, 1.165) is 12.1 Å². The third-order valence-corrected chi connectivity index (χ3v) is 3.51. The second-order valence-corrected chi connectivity index (χ2v) is 5.29. The number of rotatable bonds is 6. The van der Waals surface area contributed by atoms with Gasteiger partial charge in [-0.3, -0.25) is 15.0 Å². The first-order chi connectivity index (χ1) is 10.1. The smallest absolute Gasteiger partial charge is 0.269 e. The van der Waals surface area contributed by atoms with Crippen LogP contribution in [0.1, 0.15) is 30.1 Å². The number of nitrogens with zero attached hydrogens (tertiary/aromatic N) is 4. The van der Waals surface area contributed by atoms with Crippen LogP contribution in [0, 0.1) is 17.0 Å². The zero-order valence-electron chi connectivity index (χ0n) is 11.7. The highest BCUT2D eigenvalue weighted by molar-refractivity contribution is 5.32. The van der Waals surface area contributed by atoms with Crippen molar-refractivity contribution in [3.63, 3.8) is 0 Å². The molecule has 21 heavy (non-hydrogen) atoms. The fraction of sp³-hybridized carbons (Fsp3) is 0.429. The van der Waals surface area contributed by atoms with E-state index in [1.165, 1.54) is 12.8 Å². The van der Waals surface area contributed by atoms with E-state index in [9.17, 15) is 10.1 Å². The van der Waals surface area contributed by atoms with Crippen LogP contribution in [-0.2, 0) is 13.1 Å². The molecule has 7 heteroatoms. The van der Waals surface area contributed by atoms with Crippen LogP contribution in [-0.4, -0.2) is 26.0 Å². The third kappa shape index (κ3) is 3.43. The monoisotopic (exact) mass is 288 g/mol. The standard InChI is InChI=1S/C14H16N4O3/c1-10-15-14(16-21-10)9-17(12-6-7-12)8-11-2-4-13(5-3-11)18(19)20/h2-5,12H,6-9H2,1H3. The molecule has 1 heterocycles. The fourth-order valence-electron chi connectivity index (χ4n) is 2.30. The van der Waals surface area contributed by atoms with Crippen molar-refractivity contribution >= 4 is 5.69 Å². The second-order valence-electron chi connectivity index (χ2n) is 5.29. The van der Waals surface area contributed by atoms with Crippen LogP contribution in [0.2, 0.25) is 0 Å². The van der Waals surface area contributed by atoms with Crippen molar-refractivity contribution in [1.82, 2.24) is 15.0 Å². The highest BCUT2D eigenvalue weighted by atomic mass is 16.6. The summed E-state index contributed by atoms with van der Waals surface area (Å²) in [4.78, 5) is 16.8. The Morgan fingerprint density at radius 1 is 1.33 bits per heavy atom. The molecule has 0 amide bonds. The molecule has 110 valence electrons. The Morgan fingerprint density at radius 3 is 2.57 bits per heavy atom. The lowest BCUT2D eigenvalue weighted by Gasteiger charge is -2.20. The average molecular weight is 288 g/mol. The minimum absolute atomic E-state index is 0.116. The SMILES string of the molecule is Cc1nc(CN(Cc2ccc([N+](=O)[O-])cc2)C2CC2)no1. The lowest BCUT2D eigenvalue weighted by atomic mass is 10.2. The van der Waals surface area contributed by atoms with Gasteiger partial charge in [0.2, 0.25) is 5.89 Å². The van der Waals surface area contributed by atoms with Gasteiger partial charge < -0.3 is 4.52 Å². The Kier molecular flexibility index (Phi) is 3.66. The molecule has 0 saturated heterocycles. The Hall–Kier alpha value is -2.28. The zero-order valence-corrected chi connectivity index (χ0v) is 11.7. The van der Waals surface area contributed by atoms with Gasteiger partial charge in [0.25, 0.3) is 5.69 Å². The summed E-state index contributed by atoms with van der Waals surface area (Å²) in [6.07, 6.45) is 2.34. The predicted octanol–water partition coefficient (Wildman–Crippen LogP) is 2.45. The Bertz CT molecular complexity index is 634. The number of hydrogen-bond donors (Lipinski definition) is 0. The zero-order chi connectivity index (χ0) is 14.8. The number of aryl methyl sites for hydroxylation is 1. The minimum atomic E-state index is -0.384. The van der Waals surface area contributed by atoms with Gasteiger partial charge in [-0.1, -0.05) is 17.3 Å². The molecule has 1 aliphatic rings. The molecule has 7 nitrogen and oxygen atoms in total. The van der Waals surface area contributed by atoms with Crippen LogP contribution >= 0.6 is 0 Å². The van der Waals surface area contributed by atoms with E-state index in [-0.39, 0.29) is 10.6 Å². The van der Waals surface area contributed by atoms with Crippen LogP contribution < -0.4 is 0 Å². The number of nitro groups is 1. The van der Waals surface area contributed by atoms with Gasteiger partial charge in [0.15, 0.2) is 5.82 Å². The van der Waals surface area contributed by atoms with Gasteiger partial charge in [-0.05, 0) is 18.4 Å². The summed E-state index contributed by atoms with van der Waals surface area (Å²) in [7, 11) is 0. The molecular weight excluding hydrogens is 272 g/mol. The summed E-state index contributed by atoms with van der Waals surface area (Å²) < 4.78 is 5.00. The first-order valence-electron chi connectivity index (χ1n) is 6.88. The molecular formula is C14H16N4O3. The Balaban J connectivity index is 1.68. The van der Waals surface area contributed by atoms with Crippen LogP contribution in [0.25, 0.3) is 0 Å². The third-order valence-electron chi connectivity index (χ3n) is 3.51. The number of hydrogen-bond acceptors (Lipinski definition) is 6. The van der Waals surface area contributed by atoms with Crippen LogP contribution in [0.5, 0.6) is 0 Å². The lowest BCUT2D eigenvalue weighted by Crippen LogP contribution is -2.25. The predicted molar refractivity (Wildman–Crippen MR) is 74.4 cm³/mol. The molecule has 0 N–H and O–H groups in total. The summed E-state index contributed by atoms with van der Waals surface area (Å²) in [6.45, 7) is 3.14. The molecule has 1 aromatic carbocycles. The van der Waals surface area contributed by atoms with Crippen molar-refractivity contribution in [3.8, 4) is 0 Å². The van der Waals surface area contributed by atoms with Crippen molar-refractivity contribution in [2.24, 2.45) is 0 Å². The Labute approximate surface area is 121 Å². The molecule has 2 aromatic rings. The van der Waals surface area contributed by atoms with E-state index < -0.39 is 0 Å². The molecule has 3 rings (SSSR count). The van der Waals surface area contributed by atoms with Crippen molar-refractivity contribution in [2.45, 2.75) is 38.9 Å². The normalized spacial score (nSPS) is 14.6. The summed E-state index contributed by atoms with van der Waals surface area (Å²) in [6, 6.07) is 7.22. The maximum absolute atomic E-state index is 10.7. The van der Waals surface area contributed by atoms with Gasteiger partial charge in [0, 0.05) is 31.6 Å². The van der Waals surface area contributed by atoms with Gasteiger partial charge in [-0.25, -0.2) is 0 Å².